The maximum absolute atomic E-state index is 13.3. The van der Waals surface area contributed by atoms with Crippen LogP contribution < -0.4 is 0 Å². The summed E-state index contributed by atoms with van der Waals surface area (Å²) in [5, 5.41) is 13.0. The summed E-state index contributed by atoms with van der Waals surface area (Å²) in [7, 11) is 2.03. The normalized spacial score (nSPS) is 15.3. The average Bonchev–Trinajstić information content (AvgIpc) is 3.29. The van der Waals surface area contributed by atoms with E-state index in [0.29, 0.717) is 5.56 Å². The van der Waals surface area contributed by atoms with E-state index in [1.165, 1.54) is 4.90 Å². The Hall–Kier alpha value is -4.38. The van der Waals surface area contributed by atoms with E-state index in [1.54, 1.807) is 6.07 Å². The van der Waals surface area contributed by atoms with Gasteiger partial charge < -0.3 is 14.6 Å². The van der Waals surface area contributed by atoms with Crippen LogP contribution in [0.1, 0.15) is 27.5 Å². The first kappa shape index (κ1) is 20.2. The predicted molar refractivity (Wildman–Crippen MR) is 133 cm³/mol. The smallest absolute Gasteiger partial charge is 0.323 e. The lowest BCUT2D eigenvalue weighted by molar-refractivity contribution is -0.138. The summed E-state index contributed by atoms with van der Waals surface area (Å²) in [5.74, 6) is -1.28. The highest BCUT2D eigenvalue weighted by atomic mass is 16.4. The van der Waals surface area contributed by atoms with Gasteiger partial charge in [-0.25, -0.2) is 0 Å². The number of carboxylic acid groups (broad SMARTS) is 1. The second kappa shape index (κ2) is 7.59. The van der Waals surface area contributed by atoms with Gasteiger partial charge in [0.2, 0.25) is 0 Å². The Balaban J connectivity index is 1.68. The number of carbonyl (C=O) groups excluding carboxylic acids is 1. The number of amides is 1. The molecule has 1 aliphatic heterocycles. The van der Waals surface area contributed by atoms with Crippen LogP contribution in [0.15, 0.2) is 91.0 Å². The predicted octanol–water partition coefficient (Wildman–Crippen LogP) is 5.63. The van der Waals surface area contributed by atoms with Gasteiger partial charge in [-0.3, -0.25) is 9.59 Å². The number of aliphatic carboxylic acids is 1. The van der Waals surface area contributed by atoms with Crippen molar-refractivity contribution in [2.24, 2.45) is 7.05 Å². The van der Waals surface area contributed by atoms with Gasteiger partial charge in [0.05, 0.1) is 11.7 Å². The van der Waals surface area contributed by atoms with Crippen molar-refractivity contribution < 1.29 is 14.7 Å². The number of aromatic nitrogens is 1. The van der Waals surface area contributed by atoms with Crippen LogP contribution in [0.5, 0.6) is 0 Å². The maximum Gasteiger partial charge on any atom is 0.323 e. The summed E-state index contributed by atoms with van der Waals surface area (Å²) in [6.45, 7) is -0.363. The molecule has 0 saturated carbocycles. The molecule has 34 heavy (non-hydrogen) atoms. The molecule has 1 atom stereocenters. The van der Waals surface area contributed by atoms with Crippen molar-refractivity contribution in [2.75, 3.05) is 6.54 Å². The fraction of sp³-hybridized carbons (Fsp3) is 0.103. The minimum absolute atomic E-state index is 0.250. The summed E-state index contributed by atoms with van der Waals surface area (Å²) in [6.07, 6.45) is 0. The third-order valence-corrected chi connectivity index (χ3v) is 6.81. The zero-order chi connectivity index (χ0) is 23.4. The molecular weight excluding hydrogens is 424 g/mol. The van der Waals surface area contributed by atoms with Crippen molar-refractivity contribution in [2.45, 2.75) is 6.04 Å². The van der Waals surface area contributed by atoms with Crippen LogP contribution in [0.25, 0.3) is 32.9 Å². The lowest BCUT2D eigenvalue weighted by Crippen LogP contribution is -2.34. The first-order chi connectivity index (χ1) is 16.5. The molecule has 0 saturated heterocycles. The molecule has 0 spiro atoms. The van der Waals surface area contributed by atoms with E-state index in [2.05, 4.69) is 47.0 Å². The van der Waals surface area contributed by atoms with Gasteiger partial charge in [0.15, 0.2) is 0 Å². The minimum Gasteiger partial charge on any atom is -0.480 e. The molecule has 1 aromatic heterocycles. The molecule has 166 valence electrons. The third-order valence-electron chi connectivity index (χ3n) is 6.81. The number of hydrogen-bond acceptors (Lipinski definition) is 2. The van der Waals surface area contributed by atoms with Crippen LogP contribution in [-0.4, -0.2) is 33.0 Å². The molecule has 5 heteroatoms. The molecule has 1 N–H and O–H groups in total. The van der Waals surface area contributed by atoms with Gasteiger partial charge in [-0.15, -0.1) is 0 Å². The summed E-state index contributed by atoms with van der Waals surface area (Å²) < 4.78 is 2.15. The number of hydrogen-bond donors (Lipinski definition) is 1. The highest BCUT2D eigenvalue weighted by molar-refractivity contribution is 6.03. The van der Waals surface area contributed by atoms with Gasteiger partial charge in [-0.2, -0.15) is 0 Å². The highest BCUT2D eigenvalue weighted by Crippen LogP contribution is 2.46. The van der Waals surface area contributed by atoms with Crippen molar-refractivity contribution in [1.29, 1.82) is 0 Å². The molecule has 1 aliphatic rings. The van der Waals surface area contributed by atoms with Crippen LogP contribution >= 0.6 is 0 Å². The first-order valence-corrected chi connectivity index (χ1v) is 11.2. The Kier molecular flexibility index (Phi) is 4.52. The van der Waals surface area contributed by atoms with E-state index in [1.807, 2.05) is 49.5 Å². The third kappa shape index (κ3) is 2.94. The summed E-state index contributed by atoms with van der Waals surface area (Å²) in [4.78, 5) is 26.6. The zero-order valence-electron chi connectivity index (χ0n) is 18.6. The van der Waals surface area contributed by atoms with Crippen molar-refractivity contribution in [3.05, 3.63) is 108 Å². The molecule has 2 heterocycles. The van der Waals surface area contributed by atoms with Crippen molar-refractivity contribution >= 4 is 33.6 Å². The van der Waals surface area contributed by atoms with Crippen LogP contribution in [-0.2, 0) is 11.8 Å². The van der Waals surface area contributed by atoms with Crippen molar-refractivity contribution in [3.63, 3.8) is 0 Å². The lowest BCUT2D eigenvalue weighted by atomic mass is 9.92. The van der Waals surface area contributed by atoms with Crippen LogP contribution in [0.2, 0.25) is 0 Å². The fourth-order valence-electron chi connectivity index (χ4n) is 5.38. The Morgan fingerprint density at radius 2 is 1.59 bits per heavy atom. The lowest BCUT2D eigenvalue weighted by Gasteiger charge is -2.25. The number of carboxylic acids is 1. The zero-order valence-corrected chi connectivity index (χ0v) is 18.6. The Labute approximate surface area is 196 Å². The Morgan fingerprint density at radius 1 is 0.882 bits per heavy atom. The summed E-state index contributed by atoms with van der Waals surface area (Å²) >= 11 is 0. The number of benzene rings is 4. The molecule has 0 aliphatic carbocycles. The van der Waals surface area contributed by atoms with E-state index in [9.17, 15) is 14.7 Å². The van der Waals surface area contributed by atoms with Gasteiger partial charge in [-0.05, 0) is 40.1 Å². The monoisotopic (exact) mass is 446 g/mol. The number of rotatable bonds is 4. The van der Waals surface area contributed by atoms with Crippen molar-refractivity contribution in [3.8, 4) is 11.3 Å². The van der Waals surface area contributed by atoms with Gasteiger partial charge in [-0.1, -0.05) is 72.8 Å². The van der Waals surface area contributed by atoms with E-state index in [0.717, 1.165) is 44.1 Å². The largest absolute Gasteiger partial charge is 0.480 e. The molecule has 5 nitrogen and oxygen atoms in total. The van der Waals surface area contributed by atoms with Crippen LogP contribution in [0, 0.1) is 0 Å². The molecule has 4 aromatic carbocycles. The standard InChI is InChI=1S/C29H22N2O3/c1-30-24-13-7-6-12-23(24)26(27(30)20-15-14-18-8-2-3-9-19(18)16-20)28-21-10-4-5-11-22(21)29(34)31(28)17-25(32)33/h2-16,28H,17H2,1H3,(H,32,33). The molecule has 0 bridgehead atoms. The van der Waals surface area contributed by atoms with E-state index in [4.69, 9.17) is 0 Å². The fourth-order valence-corrected chi connectivity index (χ4v) is 5.38. The van der Waals surface area contributed by atoms with Crippen molar-refractivity contribution in [1.82, 2.24) is 9.47 Å². The molecule has 1 amide bonds. The second-order valence-corrected chi connectivity index (χ2v) is 8.72. The Morgan fingerprint density at radius 3 is 2.41 bits per heavy atom. The van der Waals surface area contributed by atoms with E-state index < -0.39 is 12.0 Å². The molecule has 6 rings (SSSR count). The Bertz CT molecular complexity index is 1610. The molecule has 0 radical (unpaired) electrons. The van der Waals surface area contributed by atoms with Gasteiger partial charge in [0.25, 0.3) is 5.91 Å². The van der Waals surface area contributed by atoms with Gasteiger partial charge in [0.1, 0.15) is 6.54 Å². The minimum atomic E-state index is -1.03. The number of para-hydroxylation sites is 1. The number of carbonyl (C=O) groups is 2. The maximum atomic E-state index is 13.3. The summed E-state index contributed by atoms with van der Waals surface area (Å²) in [6, 6.07) is 29.7. The van der Waals surface area contributed by atoms with Crippen LogP contribution in [0.3, 0.4) is 0 Å². The number of fused-ring (bicyclic) bond motifs is 3. The van der Waals surface area contributed by atoms with Gasteiger partial charge >= 0.3 is 5.97 Å². The van der Waals surface area contributed by atoms with Gasteiger partial charge in [0, 0.05) is 29.1 Å². The highest BCUT2D eigenvalue weighted by Gasteiger charge is 2.41. The summed E-state index contributed by atoms with van der Waals surface area (Å²) in [5.41, 5.74) is 5.40. The molecule has 1 unspecified atom stereocenters. The SMILES string of the molecule is Cn1c(-c2ccc3ccccc3c2)c(C2c3ccccc3C(=O)N2CC(=O)O)c2ccccc21. The first-order valence-electron chi connectivity index (χ1n) is 11.2. The molecule has 0 fully saturated rings. The molecule has 5 aromatic rings. The second-order valence-electron chi connectivity index (χ2n) is 8.72. The topological polar surface area (TPSA) is 62.5 Å². The molecular formula is C29H22N2O3. The quantitative estimate of drug-likeness (QED) is 0.389. The van der Waals surface area contributed by atoms with Crippen LogP contribution in [0.4, 0.5) is 0 Å². The van der Waals surface area contributed by atoms with E-state index in [-0.39, 0.29) is 12.5 Å². The van der Waals surface area contributed by atoms with E-state index >= 15 is 0 Å². The number of aryl methyl sites for hydroxylation is 1. The average molecular weight is 447 g/mol. The number of nitrogens with zero attached hydrogens (tertiary/aromatic N) is 2.